The standard InChI is InChI=1S/Cu.Fe.Ga.Ni.Zn. The summed E-state index contributed by atoms with van der Waals surface area (Å²) in [4.78, 5) is 0. The van der Waals surface area contributed by atoms with Gasteiger partial charge < -0.3 is 0 Å². The molecule has 0 N–H and O–H groups in total. The maximum absolute atomic E-state index is 0. The Morgan fingerprint density at radius 3 is 1.00 bits per heavy atom. The Morgan fingerprint density at radius 1 is 1.00 bits per heavy atom. The maximum atomic E-state index is 0. The Kier molecular flexibility index (Phi) is 270. The first kappa shape index (κ1) is 46.1. The van der Waals surface area contributed by atoms with E-state index in [-0.39, 0.29) is 89.9 Å². The van der Waals surface area contributed by atoms with E-state index in [1.54, 1.807) is 0 Å². The van der Waals surface area contributed by atoms with Gasteiger partial charge in [-0.25, -0.2) is 0 Å². The van der Waals surface area contributed by atoms with Crippen LogP contribution >= 0.6 is 0 Å². The van der Waals surface area contributed by atoms with Gasteiger partial charge in [-0.05, 0) is 0 Å². The predicted molar refractivity (Wildman–Crippen MR) is 5.75 cm³/mol. The van der Waals surface area contributed by atoms with Crippen molar-refractivity contribution in [2.75, 3.05) is 0 Å². The van der Waals surface area contributed by atoms with Crippen molar-refractivity contribution >= 4 is 19.8 Å². The molecule has 0 aliphatic rings. The summed E-state index contributed by atoms with van der Waals surface area (Å²) in [7, 11) is 0. The first-order chi connectivity index (χ1) is 0. The molecule has 0 atom stereocenters. The molecule has 0 rings (SSSR count). The third kappa shape index (κ3) is 20.0. The first-order valence-electron chi connectivity index (χ1n) is 0. The Morgan fingerprint density at radius 2 is 1.00 bits per heavy atom. The van der Waals surface area contributed by atoms with Crippen molar-refractivity contribution < 1.29 is 70.1 Å². The molecule has 0 aromatic heterocycles. The van der Waals surface area contributed by atoms with Gasteiger partial charge >= 0.3 is 0 Å². The summed E-state index contributed by atoms with van der Waals surface area (Å²) in [5, 5.41) is 0. The van der Waals surface area contributed by atoms with Gasteiger partial charge in [0.25, 0.3) is 0 Å². The number of rotatable bonds is 0. The van der Waals surface area contributed by atoms with Crippen LogP contribution < -0.4 is 0 Å². The smallest absolute Gasteiger partial charge is 0 e. The number of hydrogen-bond donors (Lipinski definition) is 0. The molecule has 5 heavy (non-hydrogen) atoms. The molecule has 0 amide bonds. The summed E-state index contributed by atoms with van der Waals surface area (Å²) in [6.07, 6.45) is 0. The molecule has 0 unspecified atom stereocenters. The second kappa shape index (κ2) is 29.2. The van der Waals surface area contributed by atoms with Crippen LogP contribution in [0.15, 0.2) is 0 Å². The minimum absolute atomic E-state index is 0. The second-order valence-corrected chi connectivity index (χ2v) is 0. The van der Waals surface area contributed by atoms with E-state index >= 15 is 0 Å². The normalized spacial score (nSPS) is 0. The van der Waals surface area contributed by atoms with E-state index in [0.29, 0.717) is 0 Å². The van der Waals surface area contributed by atoms with Gasteiger partial charge in [-0.3, -0.25) is 0 Å². The van der Waals surface area contributed by atoms with E-state index in [2.05, 4.69) is 0 Å². The average Bonchev–Trinajstić information content (AvgIpc) is 0. The van der Waals surface area contributed by atoms with Crippen molar-refractivity contribution in [3.63, 3.8) is 0 Å². The summed E-state index contributed by atoms with van der Waals surface area (Å²) >= 11 is 0. The molecule has 0 aliphatic heterocycles. The predicted octanol–water partition coefficient (Wildman–Crippen LogP) is -0.391. The maximum Gasteiger partial charge on any atom is 0 e. The van der Waals surface area contributed by atoms with E-state index < -0.39 is 0 Å². The zero-order valence-corrected chi connectivity index (χ0v) is 10.7. The molecule has 0 saturated heterocycles. The van der Waals surface area contributed by atoms with Crippen molar-refractivity contribution in [2.24, 2.45) is 0 Å². The zero-order chi connectivity index (χ0) is 0. The summed E-state index contributed by atoms with van der Waals surface area (Å²) < 4.78 is 0. The van der Waals surface area contributed by atoms with Gasteiger partial charge in [0.15, 0.2) is 0 Å². The van der Waals surface area contributed by atoms with Crippen LogP contribution in [0.5, 0.6) is 0 Å². The summed E-state index contributed by atoms with van der Waals surface area (Å²) in [6.45, 7) is 0. The van der Waals surface area contributed by atoms with Crippen molar-refractivity contribution in [2.45, 2.75) is 0 Å². The van der Waals surface area contributed by atoms with Crippen LogP contribution in [0.4, 0.5) is 0 Å². The van der Waals surface area contributed by atoms with Gasteiger partial charge in [0.2, 0.25) is 0 Å². The molecule has 0 heterocycles. The van der Waals surface area contributed by atoms with Crippen LogP contribution in [0.2, 0.25) is 0 Å². The van der Waals surface area contributed by atoms with Gasteiger partial charge in [0, 0.05) is 89.9 Å². The fraction of sp³-hybridized carbons (Fsp3) is 0. The Hall–Kier alpha value is 2.79. The third-order valence-electron chi connectivity index (χ3n) is 0. The van der Waals surface area contributed by atoms with E-state index in [1.807, 2.05) is 0 Å². The molecule has 0 aromatic carbocycles. The molecule has 0 spiro atoms. The molecule has 0 saturated carbocycles. The molecule has 0 nitrogen and oxygen atoms in total. The molecular formula is CuFeGaNiZn. The molecule has 0 fully saturated rings. The quantitative estimate of drug-likeness (QED) is 0.535. The Bertz CT molecular complexity index is 11.6. The molecule has 0 aromatic rings. The molecule has 4 radical (unpaired) electrons. The SMILES string of the molecule is [Cu].[Fe].[Ga].[Ni].[Zn]. The van der Waals surface area contributed by atoms with Crippen LogP contribution in [-0.4, -0.2) is 19.8 Å². The topological polar surface area (TPSA) is 0 Å². The van der Waals surface area contributed by atoms with E-state index in [9.17, 15) is 0 Å². The largest absolute Gasteiger partial charge is 0 e. The van der Waals surface area contributed by atoms with E-state index in [0.717, 1.165) is 0 Å². The van der Waals surface area contributed by atoms with Crippen LogP contribution in [0, 0.1) is 0 Å². The third-order valence-corrected chi connectivity index (χ3v) is 0. The van der Waals surface area contributed by atoms with Gasteiger partial charge in [-0.1, -0.05) is 0 Å². The summed E-state index contributed by atoms with van der Waals surface area (Å²) in [5.41, 5.74) is 0. The second-order valence-electron chi connectivity index (χ2n) is 0. The molecule has 34 valence electrons. The van der Waals surface area contributed by atoms with Gasteiger partial charge in [0.05, 0.1) is 0 Å². The van der Waals surface area contributed by atoms with Crippen LogP contribution in [0.3, 0.4) is 0 Å². The minimum atomic E-state index is 0. The molecular weight excluding hydrogens is 313 g/mol. The fourth-order valence-electron chi connectivity index (χ4n) is 0. The Labute approximate surface area is 88.7 Å². The molecule has 5 heteroatoms. The Balaban J connectivity index is 0. The average molecular weight is 313 g/mol. The van der Waals surface area contributed by atoms with Crippen LogP contribution in [-0.2, 0) is 70.1 Å². The van der Waals surface area contributed by atoms with Crippen molar-refractivity contribution in [1.82, 2.24) is 0 Å². The van der Waals surface area contributed by atoms with Gasteiger partial charge in [0.1, 0.15) is 0 Å². The monoisotopic (exact) mass is 310 g/mol. The van der Waals surface area contributed by atoms with Crippen molar-refractivity contribution in [3.8, 4) is 0 Å². The fourth-order valence-corrected chi connectivity index (χ4v) is 0. The molecule has 0 bridgehead atoms. The number of hydrogen-bond acceptors (Lipinski definition) is 0. The summed E-state index contributed by atoms with van der Waals surface area (Å²) in [5.74, 6) is 0. The first-order valence-corrected chi connectivity index (χ1v) is 0. The minimum Gasteiger partial charge on any atom is 0 e. The van der Waals surface area contributed by atoms with Crippen molar-refractivity contribution in [1.29, 1.82) is 0 Å². The van der Waals surface area contributed by atoms with Crippen molar-refractivity contribution in [3.05, 3.63) is 0 Å². The van der Waals surface area contributed by atoms with Crippen LogP contribution in [0.1, 0.15) is 0 Å². The van der Waals surface area contributed by atoms with Gasteiger partial charge in [-0.2, -0.15) is 0 Å². The van der Waals surface area contributed by atoms with E-state index in [1.165, 1.54) is 0 Å². The molecule has 0 aliphatic carbocycles. The summed E-state index contributed by atoms with van der Waals surface area (Å²) in [6, 6.07) is 0. The van der Waals surface area contributed by atoms with Gasteiger partial charge in [-0.15, -0.1) is 0 Å². The van der Waals surface area contributed by atoms with Crippen LogP contribution in [0.25, 0.3) is 0 Å². The van der Waals surface area contributed by atoms with E-state index in [4.69, 9.17) is 0 Å². The zero-order valence-electron chi connectivity index (χ0n) is 2.26.